The molecule has 222 valence electrons. The average molecular weight is 598 g/mol. The number of aromatic nitrogens is 2. The molecule has 12 nitrogen and oxygen atoms in total. The van der Waals surface area contributed by atoms with Crippen molar-refractivity contribution in [2.45, 2.75) is 63.9 Å². The van der Waals surface area contributed by atoms with Crippen LogP contribution in [0.4, 0.5) is 8.78 Å². The molecule has 0 saturated carbocycles. The summed E-state index contributed by atoms with van der Waals surface area (Å²) in [6.07, 6.45) is -5.38. The van der Waals surface area contributed by atoms with Crippen molar-refractivity contribution in [1.29, 1.82) is 0 Å². The van der Waals surface area contributed by atoms with Crippen LogP contribution >= 0.6 is 7.75 Å². The first-order valence-corrected chi connectivity index (χ1v) is 14.2. The lowest BCUT2D eigenvalue weighted by Crippen LogP contribution is -2.44. The highest BCUT2D eigenvalue weighted by atomic mass is 31.2. The number of hydrogen-bond acceptors (Lipinski definition) is 9. The molecule has 3 N–H and O–H groups in total. The number of carbonyl (C=O) groups excluding carboxylic acids is 1. The number of aliphatic hydroxyl groups excluding tert-OH is 1. The Morgan fingerprint density at radius 3 is 2.61 bits per heavy atom. The summed E-state index contributed by atoms with van der Waals surface area (Å²) in [6.45, 7) is 4.80. The maximum Gasteiger partial charge on any atom is 0.459 e. The van der Waals surface area contributed by atoms with Gasteiger partial charge in [-0.15, -0.1) is 0 Å². The molecule has 41 heavy (non-hydrogen) atoms. The van der Waals surface area contributed by atoms with Crippen molar-refractivity contribution in [3.63, 3.8) is 0 Å². The quantitative estimate of drug-likeness (QED) is 0.234. The van der Waals surface area contributed by atoms with Gasteiger partial charge in [-0.05, 0) is 39.1 Å². The fourth-order valence-electron chi connectivity index (χ4n) is 4.28. The predicted octanol–water partition coefficient (Wildman–Crippen LogP) is 2.95. The second kappa shape index (κ2) is 11.8. The molecule has 1 aromatic heterocycles. The number of benzene rings is 2. The van der Waals surface area contributed by atoms with Gasteiger partial charge in [-0.3, -0.25) is 23.7 Å². The molecular weight excluding hydrogens is 567 g/mol. The summed E-state index contributed by atoms with van der Waals surface area (Å²) in [6, 6.07) is 10.9. The smallest absolute Gasteiger partial charge is 0.459 e. The minimum atomic E-state index is -4.48. The van der Waals surface area contributed by atoms with Crippen molar-refractivity contribution in [1.82, 2.24) is 14.6 Å². The predicted molar refractivity (Wildman–Crippen MR) is 143 cm³/mol. The first-order chi connectivity index (χ1) is 19.2. The van der Waals surface area contributed by atoms with E-state index in [-0.39, 0.29) is 5.75 Å². The summed E-state index contributed by atoms with van der Waals surface area (Å²) in [4.78, 5) is 37.8. The van der Waals surface area contributed by atoms with Gasteiger partial charge in [0.25, 0.3) is 5.56 Å². The molecule has 0 unspecified atom stereocenters. The SMILES string of the molecule is CC(C)OC(=O)[C@@H](C)N[P@](=O)(OC[C@H]1O[C@@H](n2cc(F)c(=O)[nH]c2=O)[C@](C)(F)[C@@H]1O)Oc1cccc2ccccc12. The van der Waals surface area contributed by atoms with E-state index in [9.17, 15) is 28.4 Å². The molecule has 3 aromatic rings. The molecule has 0 amide bonds. The number of aliphatic hydroxyl groups is 1. The number of halogens is 2. The van der Waals surface area contributed by atoms with Gasteiger partial charge < -0.3 is 19.1 Å². The maximum atomic E-state index is 15.6. The first-order valence-electron chi connectivity index (χ1n) is 12.7. The molecule has 1 saturated heterocycles. The monoisotopic (exact) mass is 597 g/mol. The summed E-state index contributed by atoms with van der Waals surface area (Å²) < 4.78 is 65.9. The van der Waals surface area contributed by atoms with Gasteiger partial charge >= 0.3 is 19.4 Å². The normalized spacial score (nSPS) is 24.7. The van der Waals surface area contributed by atoms with Gasteiger partial charge in [0.05, 0.1) is 18.9 Å². The van der Waals surface area contributed by atoms with Crippen molar-refractivity contribution in [3.8, 4) is 5.75 Å². The van der Waals surface area contributed by atoms with Gasteiger partial charge in [0.15, 0.2) is 11.9 Å². The highest BCUT2D eigenvalue weighted by Crippen LogP contribution is 2.48. The number of H-pyrrole nitrogens is 1. The molecule has 0 bridgehead atoms. The fraction of sp³-hybridized carbons (Fsp3) is 0.423. The Morgan fingerprint density at radius 1 is 1.22 bits per heavy atom. The Hall–Kier alpha value is -3.42. The van der Waals surface area contributed by atoms with Crippen LogP contribution in [0.15, 0.2) is 58.3 Å². The van der Waals surface area contributed by atoms with Crippen LogP contribution in [0.25, 0.3) is 10.8 Å². The summed E-state index contributed by atoms with van der Waals surface area (Å²) >= 11 is 0. The van der Waals surface area contributed by atoms with Gasteiger partial charge in [0.2, 0.25) is 5.82 Å². The molecule has 2 aromatic carbocycles. The number of nitrogens with zero attached hydrogens (tertiary/aromatic N) is 1. The molecule has 1 aliphatic rings. The van der Waals surface area contributed by atoms with E-state index in [1.807, 2.05) is 0 Å². The molecule has 0 radical (unpaired) electrons. The van der Waals surface area contributed by atoms with E-state index in [4.69, 9.17) is 18.5 Å². The van der Waals surface area contributed by atoms with E-state index in [0.717, 1.165) is 12.3 Å². The van der Waals surface area contributed by atoms with E-state index in [0.29, 0.717) is 16.2 Å². The molecular formula is C26H30F2N3O9P. The zero-order chi connectivity index (χ0) is 30.1. The van der Waals surface area contributed by atoms with E-state index < -0.39 is 73.6 Å². The maximum absolute atomic E-state index is 15.6. The van der Waals surface area contributed by atoms with Gasteiger partial charge in [0.1, 0.15) is 24.0 Å². The van der Waals surface area contributed by atoms with E-state index >= 15 is 4.39 Å². The summed E-state index contributed by atoms with van der Waals surface area (Å²) in [5.74, 6) is -1.99. The molecule has 0 aliphatic carbocycles. The number of esters is 1. The van der Waals surface area contributed by atoms with Crippen LogP contribution in [0.3, 0.4) is 0 Å². The Balaban J connectivity index is 1.61. The third-order valence-corrected chi connectivity index (χ3v) is 7.96. The first kappa shape index (κ1) is 30.5. The van der Waals surface area contributed by atoms with Crippen molar-refractivity contribution >= 4 is 24.5 Å². The Bertz CT molecular complexity index is 1590. The number of hydrogen-bond donors (Lipinski definition) is 3. The van der Waals surface area contributed by atoms with E-state index in [1.165, 1.54) is 13.0 Å². The largest absolute Gasteiger partial charge is 0.462 e. The van der Waals surface area contributed by atoms with Crippen LogP contribution in [0.1, 0.15) is 33.9 Å². The Labute approximate surface area is 232 Å². The van der Waals surface area contributed by atoms with Crippen LogP contribution in [0.2, 0.25) is 0 Å². The molecule has 15 heteroatoms. The number of alkyl halides is 1. The van der Waals surface area contributed by atoms with Crippen LogP contribution in [0.5, 0.6) is 5.75 Å². The fourth-order valence-corrected chi connectivity index (χ4v) is 5.80. The third kappa shape index (κ3) is 6.57. The lowest BCUT2D eigenvalue weighted by atomic mass is 9.98. The molecule has 1 fully saturated rings. The number of ether oxygens (including phenoxy) is 2. The molecule has 1 aliphatic heterocycles. The van der Waals surface area contributed by atoms with Crippen LogP contribution in [-0.2, 0) is 23.4 Å². The van der Waals surface area contributed by atoms with Crippen molar-refractivity contribution < 1.29 is 41.8 Å². The van der Waals surface area contributed by atoms with Crippen LogP contribution in [-0.4, -0.2) is 57.3 Å². The van der Waals surface area contributed by atoms with Crippen LogP contribution in [0, 0.1) is 5.82 Å². The minimum absolute atomic E-state index is 0.139. The topological polar surface area (TPSA) is 158 Å². The second-order valence-electron chi connectivity index (χ2n) is 9.96. The standard InChI is InChI=1S/C26H30F2N3O9P/c1-14(2)38-23(34)15(3)30-41(36,40-19-11-7-9-16-8-5-6-10-17(16)19)37-13-20-21(32)26(4,28)24(39-20)31-12-18(27)22(33)29-25(31)35/h5-12,14-15,20-21,24,32H,13H2,1-4H3,(H,30,36)(H,29,33,35)/t15-,20-,21-,24-,26-,41+/m1/s1. The Morgan fingerprint density at radius 2 is 1.90 bits per heavy atom. The molecule has 2 heterocycles. The number of rotatable bonds is 10. The van der Waals surface area contributed by atoms with Gasteiger partial charge in [0, 0.05) is 5.39 Å². The number of aromatic amines is 1. The second-order valence-corrected chi connectivity index (χ2v) is 11.7. The number of fused-ring (bicyclic) bond motifs is 1. The minimum Gasteiger partial charge on any atom is -0.462 e. The third-order valence-electron chi connectivity index (χ3n) is 6.33. The highest BCUT2D eigenvalue weighted by molar-refractivity contribution is 7.52. The zero-order valence-corrected chi connectivity index (χ0v) is 23.5. The van der Waals surface area contributed by atoms with Gasteiger partial charge in [-0.1, -0.05) is 36.4 Å². The van der Waals surface area contributed by atoms with Gasteiger partial charge in [-0.25, -0.2) is 13.8 Å². The highest BCUT2D eigenvalue weighted by Gasteiger charge is 2.56. The summed E-state index contributed by atoms with van der Waals surface area (Å²) in [5.41, 5.74) is -5.17. The lowest BCUT2D eigenvalue weighted by molar-refractivity contribution is -0.149. The number of nitrogens with one attached hydrogen (secondary N) is 2. The zero-order valence-electron chi connectivity index (χ0n) is 22.6. The van der Waals surface area contributed by atoms with Crippen molar-refractivity contribution in [2.24, 2.45) is 0 Å². The Kier molecular flexibility index (Phi) is 8.81. The summed E-state index contributed by atoms with van der Waals surface area (Å²) in [7, 11) is -4.48. The van der Waals surface area contributed by atoms with Crippen LogP contribution < -0.4 is 20.9 Å². The van der Waals surface area contributed by atoms with E-state index in [1.54, 1.807) is 55.2 Å². The van der Waals surface area contributed by atoms with E-state index in [2.05, 4.69) is 5.09 Å². The molecule has 4 rings (SSSR count). The lowest BCUT2D eigenvalue weighted by Gasteiger charge is -2.26. The number of carbonyl (C=O) groups is 1. The van der Waals surface area contributed by atoms with Crippen molar-refractivity contribution in [2.75, 3.05) is 6.61 Å². The molecule has 0 spiro atoms. The van der Waals surface area contributed by atoms with Crippen molar-refractivity contribution in [3.05, 3.63) is 75.3 Å². The molecule has 6 atom stereocenters. The average Bonchev–Trinajstić information content (AvgIpc) is 3.13. The van der Waals surface area contributed by atoms with Gasteiger partial charge in [-0.2, -0.15) is 9.48 Å². The summed E-state index contributed by atoms with van der Waals surface area (Å²) in [5, 5.41) is 14.5.